The highest BCUT2D eigenvalue weighted by Gasteiger charge is 2.17. The van der Waals surface area contributed by atoms with Crippen LogP contribution in [0.3, 0.4) is 0 Å². The summed E-state index contributed by atoms with van der Waals surface area (Å²) < 4.78 is 13.6. The Morgan fingerprint density at radius 2 is 1.96 bits per heavy atom. The van der Waals surface area contributed by atoms with Crippen molar-refractivity contribution in [3.05, 3.63) is 35.6 Å². The molecule has 1 aromatic rings. The number of piperidine rings is 1. The zero-order valence-corrected chi connectivity index (χ0v) is 15.7. The van der Waals surface area contributed by atoms with E-state index in [-0.39, 0.29) is 5.82 Å². The van der Waals surface area contributed by atoms with Gasteiger partial charge in [0.25, 0.3) is 0 Å². The van der Waals surface area contributed by atoms with Gasteiger partial charge >= 0.3 is 0 Å². The number of benzene rings is 1. The lowest BCUT2D eigenvalue weighted by atomic mass is 9.94. The van der Waals surface area contributed by atoms with Gasteiger partial charge in [0.2, 0.25) is 0 Å². The van der Waals surface area contributed by atoms with Crippen LogP contribution in [-0.4, -0.2) is 50.1 Å². The molecule has 1 aliphatic heterocycles. The van der Waals surface area contributed by atoms with E-state index in [0.717, 1.165) is 37.0 Å². The molecule has 0 radical (unpaired) electrons. The molecule has 0 amide bonds. The Morgan fingerprint density at radius 3 is 2.64 bits per heavy atom. The van der Waals surface area contributed by atoms with Crippen LogP contribution in [0.15, 0.2) is 29.3 Å². The highest BCUT2D eigenvalue weighted by molar-refractivity contribution is 5.79. The van der Waals surface area contributed by atoms with Crippen molar-refractivity contribution in [3.8, 4) is 0 Å². The first-order valence-electron chi connectivity index (χ1n) is 9.70. The molecule has 1 saturated heterocycles. The van der Waals surface area contributed by atoms with E-state index in [2.05, 4.69) is 34.4 Å². The minimum Gasteiger partial charge on any atom is -0.357 e. The summed E-state index contributed by atoms with van der Waals surface area (Å²) in [6.45, 7) is 10.3. The number of nitrogens with one attached hydrogen (secondary N) is 2. The molecule has 0 aromatic heterocycles. The van der Waals surface area contributed by atoms with Crippen LogP contribution in [-0.2, 0) is 6.42 Å². The first-order chi connectivity index (χ1) is 12.2. The maximum absolute atomic E-state index is 13.6. The van der Waals surface area contributed by atoms with Crippen LogP contribution in [0.2, 0.25) is 0 Å². The summed E-state index contributed by atoms with van der Waals surface area (Å²) in [5.74, 6) is 1.50. The highest BCUT2D eigenvalue weighted by Crippen LogP contribution is 2.20. The van der Waals surface area contributed by atoms with Gasteiger partial charge in [-0.25, -0.2) is 4.39 Å². The van der Waals surface area contributed by atoms with E-state index in [4.69, 9.17) is 0 Å². The summed E-state index contributed by atoms with van der Waals surface area (Å²) >= 11 is 0. The van der Waals surface area contributed by atoms with Crippen molar-refractivity contribution >= 4 is 5.96 Å². The SMILES string of the molecule is CCNC(=NCCC1CCN(CC)CC1)NCCc1ccccc1F. The van der Waals surface area contributed by atoms with E-state index < -0.39 is 0 Å². The molecular formula is C20H33FN4. The van der Waals surface area contributed by atoms with E-state index in [9.17, 15) is 4.39 Å². The van der Waals surface area contributed by atoms with Gasteiger partial charge in [0.05, 0.1) is 0 Å². The highest BCUT2D eigenvalue weighted by atomic mass is 19.1. The quantitative estimate of drug-likeness (QED) is 0.560. The van der Waals surface area contributed by atoms with Gasteiger partial charge in [-0.3, -0.25) is 4.99 Å². The third-order valence-corrected chi connectivity index (χ3v) is 4.95. The molecule has 0 saturated carbocycles. The molecule has 2 rings (SSSR count). The van der Waals surface area contributed by atoms with Crippen molar-refractivity contribution in [1.82, 2.24) is 15.5 Å². The molecule has 0 spiro atoms. The summed E-state index contributed by atoms with van der Waals surface area (Å²) in [4.78, 5) is 7.21. The lowest BCUT2D eigenvalue weighted by molar-refractivity contribution is 0.188. The Balaban J connectivity index is 1.72. The molecule has 1 fully saturated rings. The topological polar surface area (TPSA) is 39.7 Å². The van der Waals surface area contributed by atoms with Crippen molar-refractivity contribution < 1.29 is 4.39 Å². The van der Waals surface area contributed by atoms with E-state index in [1.807, 2.05) is 12.1 Å². The van der Waals surface area contributed by atoms with Gasteiger partial charge in [0, 0.05) is 19.6 Å². The Bertz CT molecular complexity index is 524. The molecule has 0 unspecified atom stereocenters. The molecule has 25 heavy (non-hydrogen) atoms. The van der Waals surface area contributed by atoms with Gasteiger partial charge in [0.1, 0.15) is 5.82 Å². The molecule has 140 valence electrons. The van der Waals surface area contributed by atoms with Gasteiger partial charge in [-0.05, 0) is 69.8 Å². The second kappa shape index (κ2) is 11.1. The molecule has 0 bridgehead atoms. The van der Waals surface area contributed by atoms with Gasteiger partial charge in [-0.15, -0.1) is 0 Å². The number of aliphatic imine (C=N–C) groups is 1. The third kappa shape index (κ3) is 7.02. The number of halogens is 1. The van der Waals surface area contributed by atoms with Crippen LogP contribution in [0.25, 0.3) is 0 Å². The lowest BCUT2D eigenvalue weighted by Crippen LogP contribution is -2.38. The fourth-order valence-corrected chi connectivity index (χ4v) is 3.31. The van der Waals surface area contributed by atoms with E-state index in [1.54, 1.807) is 6.07 Å². The number of hydrogen-bond acceptors (Lipinski definition) is 2. The van der Waals surface area contributed by atoms with Crippen molar-refractivity contribution in [1.29, 1.82) is 0 Å². The standard InChI is InChI=1S/C20H33FN4/c1-3-22-20(24-14-10-18-7-5-6-8-19(18)21)23-13-9-17-11-15-25(4-2)16-12-17/h5-8,17H,3-4,9-16H2,1-2H3,(H2,22,23,24). The monoisotopic (exact) mass is 348 g/mol. The molecule has 4 nitrogen and oxygen atoms in total. The van der Waals surface area contributed by atoms with Crippen molar-refractivity contribution in [2.75, 3.05) is 39.3 Å². The zero-order chi connectivity index (χ0) is 17.9. The fraction of sp³-hybridized carbons (Fsp3) is 0.650. The molecular weight excluding hydrogens is 315 g/mol. The van der Waals surface area contributed by atoms with E-state index in [1.165, 1.54) is 38.5 Å². The number of nitrogens with zero attached hydrogens (tertiary/aromatic N) is 2. The molecule has 5 heteroatoms. The van der Waals surface area contributed by atoms with Crippen LogP contribution < -0.4 is 10.6 Å². The fourth-order valence-electron chi connectivity index (χ4n) is 3.31. The number of rotatable bonds is 8. The van der Waals surface area contributed by atoms with Crippen LogP contribution >= 0.6 is 0 Å². The first-order valence-corrected chi connectivity index (χ1v) is 9.70. The number of guanidine groups is 1. The predicted octanol–water partition coefficient (Wildman–Crippen LogP) is 3.05. The Hall–Kier alpha value is -1.62. The molecule has 2 N–H and O–H groups in total. The summed E-state index contributed by atoms with van der Waals surface area (Å²) in [7, 11) is 0. The number of hydrogen-bond donors (Lipinski definition) is 2. The maximum Gasteiger partial charge on any atom is 0.191 e. The average molecular weight is 349 g/mol. The Kier molecular flexibility index (Phi) is 8.73. The zero-order valence-electron chi connectivity index (χ0n) is 15.7. The second-order valence-corrected chi connectivity index (χ2v) is 6.70. The van der Waals surface area contributed by atoms with Crippen molar-refractivity contribution in [2.24, 2.45) is 10.9 Å². The summed E-state index contributed by atoms with van der Waals surface area (Å²) in [6.07, 6.45) is 4.40. The van der Waals surface area contributed by atoms with Gasteiger partial charge < -0.3 is 15.5 Å². The summed E-state index contributed by atoms with van der Waals surface area (Å²) in [5.41, 5.74) is 0.744. The smallest absolute Gasteiger partial charge is 0.191 e. The van der Waals surface area contributed by atoms with Crippen molar-refractivity contribution in [2.45, 2.75) is 39.5 Å². The van der Waals surface area contributed by atoms with Crippen LogP contribution in [0.5, 0.6) is 0 Å². The van der Waals surface area contributed by atoms with E-state index in [0.29, 0.717) is 13.0 Å². The normalized spacial score (nSPS) is 16.8. The first kappa shape index (κ1) is 19.7. The van der Waals surface area contributed by atoms with Crippen molar-refractivity contribution in [3.63, 3.8) is 0 Å². The minimum absolute atomic E-state index is 0.135. The molecule has 0 atom stereocenters. The molecule has 1 aromatic carbocycles. The largest absolute Gasteiger partial charge is 0.357 e. The van der Waals surface area contributed by atoms with Gasteiger partial charge in [0.15, 0.2) is 5.96 Å². The van der Waals surface area contributed by atoms with Gasteiger partial charge in [-0.2, -0.15) is 0 Å². The third-order valence-electron chi connectivity index (χ3n) is 4.95. The average Bonchev–Trinajstić information content (AvgIpc) is 2.64. The lowest BCUT2D eigenvalue weighted by Gasteiger charge is -2.30. The van der Waals surface area contributed by atoms with Crippen LogP contribution in [0, 0.1) is 11.7 Å². The predicted molar refractivity (Wildman–Crippen MR) is 104 cm³/mol. The molecule has 1 heterocycles. The van der Waals surface area contributed by atoms with Gasteiger partial charge in [-0.1, -0.05) is 25.1 Å². The molecule has 0 aliphatic carbocycles. The molecule has 1 aliphatic rings. The maximum atomic E-state index is 13.6. The summed E-state index contributed by atoms with van der Waals surface area (Å²) in [6, 6.07) is 6.95. The minimum atomic E-state index is -0.135. The summed E-state index contributed by atoms with van der Waals surface area (Å²) in [5, 5.41) is 6.59. The Labute approximate surface area is 151 Å². The Morgan fingerprint density at radius 1 is 1.20 bits per heavy atom. The second-order valence-electron chi connectivity index (χ2n) is 6.70. The van der Waals surface area contributed by atoms with Crippen LogP contribution in [0.4, 0.5) is 4.39 Å². The van der Waals surface area contributed by atoms with E-state index >= 15 is 0 Å². The van der Waals surface area contributed by atoms with Crippen LogP contribution in [0.1, 0.15) is 38.7 Å². The number of likely N-dealkylation sites (tertiary alicyclic amines) is 1.